The Bertz CT molecular complexity index is 1150. The number of rotatable bonds is 0. The van der Waals surface area contributed by atoms with Crippen LogP contribution in [0.25, 0.3) is 6.08 Å². The molecule has 0 radical (unpaired) electrons. The van der Waals surface area contributed by atoms with Gasteiger partial charge in [-0.25, -0.2) is 4.58 Å². The Balaban J connectivity index is 1.52. The molecule has 142 valence electrons. The van der Waals surface area contributed by atoms with Gasteiger partial charge in [0.1, 0.15) is 13.1 Å². The van der Waals surface area contributed by atoms with Crippen LogP contribution in [0.2, 0.25) is 0 Å². The van der Waals surface area contributed by atoms with Crippen molar-refractivity contribution >= 4 is 11.8 Å². The molecule has 4 aliphatic heterocycles. The molecule has 0 aromatic heterocycles. The number of hydrogen-bond acceptors (Lipinski definition) is 1. The highest BCUT2D eigenvalue weighted by Crippen LogP contribution is 2.40. The van der Waals surface area contributed by atoms with E-state index in [-0.39, 0.29) is 0 Å². The molecule has 0 fully saturated rings. The lowest BCUT2D eigenvalue weighted by atomic mass is 9.78. The van der Waals surface area contributed by atoms with Crippen LogP contribution in [0.5, 0.6) is 0 Å². The lowest BCUT2D eigenvalue weighted by Crippen LogP contribution is -2.46. The van der Waals surface area contributed by atoms with Crippen LogP contribution in [0.15, 0.2) is 12.1 Å². The van der Waals surface area contributed by atoms with Gasteiger partial charge in [0.2, 0.25) is 5.36 Å². The predicted molar refractivity (Wildman–Crippen MR) is 115 cm³/mol. The second kappa shape index (κ2) is 5.72. The molecule has 2 heteroatoms. The van der Waals surface area contributed by atoms with Gasteiger partial charge in [0.15, 0.2) is 0 Å². The molecule has 0 saturated heterocycles. The van der Waals surface area contributed by atoms with Crippen molar-refractivity contribution in [3.05, 3.63) is 61.7 Å². The third kappa shape index (κ3) is 2.07. The number of hydrogen-bond donors (Lipinski definition) is 0. The molecule has 0 atom stereocenters. The molecule has 5 aliphatic rings. The Hall–Kier alpha value is -2.09. The van der Waals surface area contributed by atoms with E-state index in [4.69, 9.17) is 0 Å². The van der Waals surface area contributed by atoms with E-state index in [2.05, 4.69) is 27.7 Å². The third-order valence-electron chi connectivity index (χ3n) is 8.02. The summed E-state index contributed by atoms with van der Waals surface area (Å²) in [6.45, 7) is 5.08. The Morgan fingerprint density at radius 3 is 2.43 bits per heavy atom. The molecule has 7 rings (SSSR count). The Morgan fingerprint density at radius 1 is 0.714 bits per heavy atom. The normalized spacial score (nSPS) is 21.3. The summed E-state index contributed by atoms with van der Waals surface area (Å²) in [5.41, 5.74) is 13.2. The number of nitrogens with zero attached hydrogens (tertiary/aromatic N) is 2. The zero-order chi connectivity index (χ0) is 18.2. The number of benzene rings is 2. The van der Waals surface area contributed by atoms with E-state index in [1.54, 1.807) is 55.2 Å². The minimum Gasteiger partial charge on any atom is -0.371 e. The van der Waals surface area contributed by atoms with Gasteiger partial charge in [-0.2, -0.15) is 0 Å². The quantitative estimate of drug-likeness (QED) is 0.552. The van der Waals surface area contributed by atoms with E-state index in [0.717, 1.165) is 0 Å². The fourth-order valence-corrected chi connectivity index (χ4v) is 6.92. The van der Waals surface area contributed by atoms with Gasteiger partial charge in [0.05, 0.1) is 0 Å². The van der Waals surface area contributed by atoms with Crippen molar-refractivity contribution < 1.29 is 0 Å². The van der Waals surface area contributed by atoms with Crippen LogP contribution < -0.4 is 20.1 Å². The molecule has 0 unspecified atom stereocenters. The van der Waals surface area contributed by atoms with E-state index in [1.165, 1.54) is 84.0 Å². The van der Waals surface area contributed by atoms with Crippen molar-refractivity contribution in [2.45, 2.75) is 57.8 Å². The molecule has 2 aromatic rings. The van der Waals surface area contributed by atoms with Gasteiger partial charge in [-0.15, -0.1) is 0 Å². The van der Waals surface area contributed by atoms with Crippen LogP contribution in [0, 0.1) is 0 Å². The van der Waals surface area contributed by atoms with Gasteiger partial charge >= 0.3 is 0 Å². The molecule has 0 saturated carbocycles. The average Bonchev–Trinajstić information content (AvgIpc) is 2.74. The maximum absolute atomic E-state index is 2.70. The number of fused-ring (bicyclic) bond motifs is 4. The fourth-order valence-electron chi connectivity index (χ4n) is 6.92. The summed E-state index contributed by atoms with van der Waals surface area (Å²) in [5.74, 6) is 0. The van der Waals surface area contributed by atoms with Crippen LogP contribution in [0.3, 0.4) is 0 Å². The van der Waals surface area contributed by atoms with E-state index in [1.807, 2.05) is 0 Å². The largest absolute Gasteiger partial charge is 0.371 e. The van der Waals surface area contributed by atoms with E-state index < -0.39 is 0 Å². The van der Waals surface area contributed by atoms with Gasteiger partial charge in [-0.05, 0) is 96.2 Å². The molecule has 0 bridgehead atoms. The van der Waals surface area contributed by atoms with Crippen molar-refractivity contribution in [1.82, 2.24) is 4.58 Å². The molecule has 2 aromatic carbocycles. The molecule has 28 heavy (non-hydrogen) atoms. The topological polar surface area (TPSA) is 6.25 Å². The second-order valence-electron chi connectivity index (χ2n) is 9.57. The summed E-state index contributed by atoms with van der Waals surface area (Å²) in [6, 6.07) is 5.12. The van der Waals surface area contributed by atoms with Crippen molar-refractivity contribution in [1.29, 1.82) is 0 Å². The van der Waals surface area contributed by atoms with Crippen LogP contribution in [-0.2, 0) is 32.1 Å². The van der Waals surface area contributed by atoms with Crippen molar-refractivity contribution in [3.8, 4) is 0 Å². The number of anilines is 1. The first-order valence-electron chi connectivity index (χ1n) is 11.6. The Kier molecular flexibility index (Phi) is 3.22. The first kappa shape index (κ1) is 15.8. The molecule has 4 heterocycles. The van der Waals surface area contributed by atoms with Gasteiger partial charge < -0.3 is 4.90 Å². The van der Waals surface area contributed by atoms with Crippen molar-refractivity contribution in [2.24, 2.45) is 0 Å². The summed E-state index contributed by atoms with van der Waals surface area (Å²) in [4.78, 5) is 2.70. The lowest BCUT2D eigenvalue weighted by Gasteiger charge is -2.39. The average molecular weight is 370 g/mol. The van der Waals surface area contributed by atoms with Gasteiger partial charge in [-0.1, -0.05) is 0 Å². The molecule has 0 N–H and O–H groups in total. The molecule has 2 nitrogen and oxygen atoms in total. The standard InChI is InChI=1S/C26H29N2/c1-5-17-13-19-15-20-14-18-6-2-10-28-12-4-8-22(26(18)28)24(20)16-23(19)21-7-3-11-27(9-1)25(17)21/h13-15H,1-12,16H2/q+1. The first-order valence-corrected chi connectivity index (χ1v) is 11.6. The van der Waals surface area contributed by atoms with E-state index in [9.17, 15) is 0 Å². The minimum atomic E-state index is 1.17. The highest BCUT2D eigenvalue weighted by atomic mass is 15.1. The Labute approximate surface area is 167 Å². The van der Waals surface area contributed by atoms with Crippen molar-refractivity contribution in [3.63, 3.8) is 0 Å². The van der Waals surface area contributed by atoms with Crippen molar-refractivity contribution in [2.75, 3.05) is 31.1 Å². The maximum atomic E-state index is 2.70. The highest BCUT2D eigenvalue weighted by Gasteiger charge is 2.31. The predicted octanol–water partition coefficient (Wildman–Crippen LogP) is 2.50. The van der Waals surface area contributed by atoms with Gasteiger partial charge in [-0.3, -0.25) is 0 Å². The third-order valence-corrected chi connectivity index (χ3v) is 8.02. The monoisotopic (exact) mass is 369 g/mol. The SMILES string of the molecule is C1=c2cc3c4c(c2Cc2c1cc1c5c2CCCN5CCC1)CCC[N+]=4CCC3. The van der Waals surface area contributed by atoms with Gasteiger partial charge in [0, 0.05) is 42.7 Å². The smallest absolute Gasteiger partial charge is 0.206 e. The van der Waals surface area contributed by atoms with Crippen LogP contribution in [0.4, 0.5) is 5.69 Å². The highest BCUT2D eigenvalue weighted by molar-refractivity contribution is 5.74. The van der Waals surface area contributed by atoms with E-state index in [0.29, 0.717) is 0 Å². The first-order chi connectivity index (χ1) is 13.9. The van der Waals surface area contributed by atoms with Crippen LogP contribution in [-0.4, -0.2) is 26.2 Å². The second-order valence-corrected chi connectivity index (χ2v) is 9.57. The molecular weight excluding hydrogens is 340 g/mol. The fraction of sp³-hybridized carbons (Fsp3) is 0.500. The van der Waals surface area contributed by atoms with Crippen LogP contribution >= 0.6 is 0 Å². The maximum Gasteiger partial charge on any atom is 0.206 e. The minimum absolute atomic E-state index is 1.17. The zero-order valence-electron chi connectivity index (χ0n) is 16.8. The molecule has 0 amide bonds. The summed E-state index contributed by atoms with van der Waals surface area (Å²) in [6.07, 6.45) is 14.2. The Morgan fingerprint density at radius 2 is 1.50 bits per heavy atom. The zero-order valence-corrected chi connectivity index (χ0v) is 16.8. The lowest BCUT2D eigenvalue weighted by molar-refractivity contribution is 0.478. The number of aryl methyl sites for hydroxylation is 2. The molecule has 0 spiro atoms. The summed E-state index contributed by atoms with van der Waals surface area (Å²) in [5, 5.41) is 3.18. The summed E-state index contributed by atoms with van der Waals surface area (Å²) in [7, 11) is 0. The summed E-state index contributed by atoms with van der Waals surface area (Å²) < 4.78 is 2.70. The van der Waals surface area contributed by atoms with Gasteiger partial charge in [0.25, 0.3) is 0 Å². The molecule has 1 aliphatic carbocycles. The summed E-state index contributed by atoms with van der Waals surface area (Å²) >= 11 is 0. The molecular formula is C26H29N2+. The van der Waals surface area contributed by atoms with Crippen LogP contribution in [0.1, 0.15) is 64.6 Å². The van der Waals surface area contributed by atoms with E-state index >= 15 is 0 Å².